The third kappa shape index (κ3) is 2.51. The number of nitrogens with zero attached hydrogens (tertiary/aromatic N) is 6. The third-order valence-corrected chi connectivity index (χ3v) is 5.17. The molecule has 3 heterocycles. The van der Waals surface area contributed by atoms with Crippen molar-refractivity contribution in [2.45, 2.75) is 33.4 Å². The first-order valence-electron chi connectivity index (χ1n) is 8.85. The largest absolute Gasteiger partial charge is 0.332 e. The number of aryl methyl sites for hydroxylation is 2. The number of hydrazone groups is 1. The van der Waals surface area contributed by atoms with Gasteiger partial charge in [0.1, 0.15) is 0 Å². The van der Waals surface area contributed by atoms with Gasteiger partial charge in [-0.25, -0.2) is 9.80 Å². The summed E-state index contributed by atoms with van der Waals surface area (Å²) in [4.78, 5) is 30.7. The lowest BCUT2D eigenvalue weighted by Crippen LogP contribution is -2.40. The quantitative estimate of drug-likeness (QED) is 0.691. The molecule has 0 saturated heterocycles. The first kappa shape index (κ1) is 17.3. The van der Waals surface area contributed by atoms with E-state index in [2.05, 4.69) is 10.1 Å². The molecule has 27 heavy (non-hydrogen) atoms. The van der Waals surface area contributed by atoms with Crippen molar-refractivity contribution in [1.29, 1.82) is 0 Å². The van der Waals surface area contributed by atoms with Crippen LogP contribution in [-0.2, 0) is 13.6 Å². The fraction of sp³-hybridized carbons (Fsp3) is 0.368. The second-order valence-electron chi connectivity index (χ2n) is 7.12. The zero-order valence-electron chi connectivity index (χ0n) is 16.1. The lowest BCUT2D eigenvalue weighted by molar-refractivity contribution is 0.637. The lowest BCUT2D eigenvalue weighted by Gasteiger charge is -2.26. The number of hydrogen-bond acceptors (Lipinski definition) is 5. The molecule has 1 aromatic carbocycles. The maximum Gasteiger partial charge on any atom is 0.332 e. The molecule has 8 nitrogen and oxygen atoms in total. The van der Waals surface area contributed by atoms with E-state index in [1.165, 1.54) is 9.13 Å². The molecule has 0 N–H and O–H groups in total. The summed E-state index contributed by atoms with van der Waals surface area (Å²) in [5, 5.41) is 6.10. The molecule has 1 aliphatic heterocycles. The highest BCUT2D eigenvalue weighted by atomic mass is 16.2. The van der Waals surface area contributed by atoms with Crippen molar-refractivity contribution in [2.24, 2.45) is 12.1 Å². The van der Waals surface area contributed by atoms with Gasteiger partial charge < -0.3 is 0 Å². The Labute approximate surface area is 156 Å². The van der Waals surface area contributed by atoms with E-state index >= 15 is 0 Å². The molecule has 0 saturated carbocycles. The van der Waals surface area contributed by atoms with Crippen molar-refractivity contribution >= 4 is 22.8 Å². The molecule has 3 aromatic rings. The Morgan fingerprint density at radius 3 is 2.59 bits per heavy atom. The number of aromatic nitrogens is 4. The molecule has 140 valence electrons. The predicted molar refractivity (Wildman–Crippen MR) is 106 cm³/mol. The number of imidazole rings is 1. The molecule has 0 spiro atoms. The molecule has 0 aliphatic carbocycles. The van der Waals surface area contributed by atoms with Crippen molar-refractivity contribution in [3.05, 3.63) is 56.2 Å². The van der Waals surface area contributed by atoms with Gasteiger partial charge in [-0.15, -0.1) is 0 Å². The van der Waals surface area contributed by atoms with Gasteiger partial charge >= 0.3 is 5.69 Å². The van der Waals surface area contributed by atoms with Gasteiger partial charge in [-0.05, 0) is 26.3 Å². The van der Waals surface area contributed by atoms with Gasteiger partial charge in [-0.1, -0.05) is 29.8 Å². The summed E-state index contributed by atoms with van der Waals surface area (Å²) in [5.41, 5.74) is 2.97. The van der Waals surface area contributed by atoms with Crippen LogP contribution in [0.25, 0.3) is 11.2 Å². The molecule has 0 amide bonds. The van der Waals surface area contributed by atoms with E-state index in [0.717, 1.165) is 16.8 Å². The van der Waals surface area contributed by atoms with Crippen LogP contribution >= 0.6 is 0 Å². The molecule has 4 rings (SSSR count). The Morgan fingerprint density at radius 1 is 1.15 bits per heavy atom. The standard InChI is InChI=1S/C19H22N6O2/c1-11-7-6-8-14(9-11)10-24-17(26)15-16(22(4)19(24)27)20-18-23(5)21-12(2)13(3)25(15)18/h6-9,13H,10H2,1-5H3/t13-/m1/s1. The number of benzene rings is 1. The molecule has 0 unspecified atom stereocenters. The zero-order chi connectivity index (χ0) is 19.5. The maximum absolute atomic E-state index is 13.3. The van der Waals surface area contributed by atoms with Crippen LogP contribution in [0.4, 0.5) is 5.95 Å². The minimum atomic E-state index is -0.377. The summed E-state index contributed by atoms with van der Waals surface area (Å²) < 4.78 is 4.58. The van der Waals surface area contributed by atoms with E-state index in [9.17, 15) is 9.59 Å². The Balaban J connectivity index is 2.01. The average molecular weight is 366 g/mol. The minimum Gasteiger partial charge on any atom is -0.294 e. The van der Waals surface area contributed by atoms with Crippen LogP contribution in [0, 0.1) is 6.92 Å². The highest BCUT2D eigenvalue weighted by Gasteiger charge is 2.29. The van der Waals surface area contributed by atoms with Crippen LogP contribution in [0.5, 0.6) is 0 Å². The molecule has 0 fully saturated rings. The molecular weight excluding hydrogens is 344 g/mol. The summed E-state index contributed by atoms with van der Waals surface area (Å²) >= 11 is 0. The number of fused-ring (bicyclic) bond motifs is 3. The monoisotopic (exact) mass is 366 g/mol. The number of hydrogen-bond donors (Lipinski definition) is 0. The first-order valence-corrected chi connectivity index (χ1v) is 8.85. The fourth-order valence-corrected chi connectivity index (χ4v) is 3.61. The topological polar surface area (TPSA) is 77.4 Å². The smallest absolute Gasteiger partial charge is 0.294 e. The second kappa shape index (κ2) is 5.94. The minimum absolute atomic E-state index is 0.112. The van der Waals surface area contributed by atoms with E-state index in [0.29, 0.717) is 17.1 Å². The molecule has 2 aromatic heterocycles. The van der Waals surface area contributed by atoms with Gasteiger partial charge in [0, 0.05) is 14.1 Å². The molecule has 0 radical (unpaired) electrons. The highest BCUT2D eigenvalue weighted by Crippen LogP contribution is 2.28. The van der Waals surface area contributed by atoms with Crippen LogP contribution in [0.15, 0.2) is 39.0 Å². The molecule has 8 heteroatoms. The number of rotatable bonds is 2. The van der Waals surface area contributed by atoms with E-state index in [1.807, 2.05) is 49.6 Å². The summed E-state index contributed by atoms with van der Waals surface area (Å²) in [7, 11) is 3.44. The Morgan fingerprint density at radius 2 is 1.89 bits per heavy atom. The van der Waals surface area contributed by atoms with Crippen molar-refractivity contribution in [1.82, 2.24) is 18.7 Å². The maximum atomic E-state index is 13.3. The van der Waals surface area contributed by atoms with Gasteiger partial charge in [0.15, 0.2) is 11.2 Å². The van der Waals surface area contributed by atoms with E-state index in [-0.39, 0.29) is 23.8 Å². The van der Waals surface area contributed by atoms with Crippen molar-refractivity contribution in [3.63, 3.8) is 0 Å². The van der Waals surface area contributed by atoms with E-state index in [4.69, 9.17) is 0 Å². The van der Waals surface area contributed by atoms with E-state index < -0.39 is 0 Å². The fourth-order valence-electron chi connectivity index (χ4n) is 3.61. The summed E-state index contributed by atoms with van der Waals surface area (Å²) in [5.74, 6) is 0.559. The first-order chi connectivity index (χ1) is 12.8. The van der Waals surface area contributed by atoms with Gasteiger partial charge in [0.2, 0.25) is 5.95 Å². The molecule has 0 bridgehead atoms. The van der Waals surface area contributed by atoms with Gasteiger partial charge in [-0.3, -0.25) is 18.5 Å². The van der Waals surface area contributed by atoms with Gasteiger partial charge in [0.05, 0.1) is 18.3 Å². The van der Waals surface area contributed by atoms with Gasteiger partial charge in [-0.2, -0.15) is 10.1 Å². The lowest BCUT2D eigenvalue weighted by atomic mass is 10.1. The van der Waals surface area contributed by atoms with Crippen molar-refractivity contribution < 1.29 is 0 Å². The van der Waals surface area contributed by atoms with Crippen molar-refractivity contribution in [2.75, 3.05) is 12.1 Å². The van der Waals surface area contributed by atoms with Crippen LogP contribution in [0.3, 0.4) is 0 Å². The zero-order valence-corrected chi connectivity index (χ0v) is 16.1. The highest BCUT2D eigenvalue weighted by molar-refractivity contribution is 5.90. The summed E-state index contributed by atoms with van der Waals surface area (Å²) in [6.07, 6.45) is 0. The van der Waals surface area contributed by atoms with Crippen LogP contribution in [-0.4, -0.2) is 31.4 Å². The Hall–Kier alpha value is -3.16. The summed E-state index contributed by atoms with van der Waals surface area (Å²) in [6.45, 7) is 6.11. The average Bonchev–Trinajstić information content (AvgIpc) is 3.03. The SMILES string of the molecule is CC1=NN(C)c2nc3c(c(=O)n(Cc4cccc(C)c4)c(=O)n3C)n2[C@@H]1C. The normalized spacial score (nSPS) is 16.6. The van der Waals surface area contributed by atoms with Gasteiger partial charge in [0.25, 0.3) is 5.56 Å². The molecule has 1 aliphatic rings. The number of anilines is 1. The van der Waals surface area contributed by atoms with Crippen LogP contribution in [0.1, 0.15) is 31.0 Å². The molecular formula is C19H22N6O2. The molecule has 1 atom stereocenters. The summed E-state index contributed by atoms with van der Waals surface area (Å²) in [6, 6.07) is 7.70. The van der Waals surface area contributed by atoms with Crippen molar-refractivity contribution in [3.8, 4) is 0 Å². The second-order valence-corrected chi connectivity index (χ2v) is 7.12. The Bertz CT molecular complexity index is 1210. The van der Waals surface area contributed by atoms with E-state index in [1.54, 1.807) is 19.1 Å². The van der Waals surface area contributed by atoms with Crippen LogP contribution < -0.4 is 16.3 Å². The predicted octanol–water partition coefficient (Wildman–Crippen LogP) is 1.64. The third-order valence-electron chi connectivity index (χ3n) is 5.17. The Kier molecular flexibility index (Phi) is 3.80. The van der Waals surface area contributed by atoms with Crippen LogP contribution in [0.2, 0.25) is 0 Å².